The first kappa shape index (κ1) is 18.5. The molecule has 2 bridgehead atoms. The van der Waals surface area contributed by atoms with Crippen molar-refractivity contribution in [2.24, 2.45) is 0 Å². The Balaban J connectivity index is 1.51. The fourth-order valence-corrected chi connectivity index (χ4v) is 4.98. The van der Waals surface area contributed by atoms with Gasteiger partial charge in [0, 0.05) is 28.2 Å². The number of aromatic nitrogens is 1. The van der Waals surface area contributed by atoms with Crippen molar-refractivity contribution in [3.05, 3.63) is 47.3 Å². The van der Waals surface area contributed by atoms with Crippen LogP contribution in [0.1, 0.15) is 42.7 Å². The van der Waals surface area contributed by atoms with Crippen molar-refractivity contribution in [1.29, 1.82) is 0 Å². The quantitative estimate of drug-likeness (QED) is 0.666. The van der Waals surface area contributed by atoms with E-state index in [0.29, 0.717) is 28.5 Å². The third kappa shape index (κ3) is 3.07. The fourth-order valence-electron chi connectivity index (χ4n) is 4.82. The highest BCUT2D eigenvalue weighted by Gasteiger charge is 2.54. The van der Waals surface area contributed by atoms with E-state index >= 15 is 0 Å². The number of halogens is 1. The molecular formula is C22H21ClN2O4. The molecule has 5 rings (SSSR count). The van der Waals surface area contributed by atoms with Crippen LogP contribution < -0.4 is 10.1 Å². The molecule has 1 amide bonds. The maximum absolute atomic E-state index is 12.9. The number of nitrogens with one attached hydrogen (secondary N) is 1. The predicted octanol–water partition coefficient (Wildman–Crippen LogP) is 4.33. The van der Waals surface area contributed by atoms with Gasteiger partial charge in [0.05, 0.1) is 17.7 Å². The molecule has 6 nitrogen and oxygen atoms in total. The van der Waals surface area contributed by atoms with Crippen LogP contribution >= 0.6 is 11.6 Å². The van der Waals surface area contributed by atoms with E-state index in [1.54, 1.807) is 19.2 Å². The number of hydrogen-bond donors (Lipinski definition) is 2. The highest BCUT2D eigenvalue weighted by Crippen LogP contribution is 2.50. The predicted molar refractivity (Wildman–Crippen MR) is 109 cm³/mol. The Hall–Kier alpha value is -2.57. The molecular weight excluding hydrogens is 392 g/mol. The van der Waals surface area contributed by atoms with E-state index in [2.05, 4.69) is 10.3 Å². The molecule has 2 saturated carbocycles. The van der Waals surface area contributed by atoms with Gasteiger partial charge in [0.1, 0.15) is 5.58 Å². The average molecular weight is 413 g/mol. The molecule has 2 aliphatic rings. The maximum atomic E-state index is 12.9. The van der Waals surface area contributed by atoms with Crippen molar-refractivity contribution in [2.45, 2.75) is 43.2 Å². The van der Waals surface area contributed by atoms with E-state index in [-0.39, 0.29) is 17.2 Å². The summed E-state index contributed by atoms with van der Waals surface area (Å²) in [5.74, 6) is 0.423. The minimum absolute atomic E-state index is 0.248. The zero-order valence-corrected chi connectivity index (χ0v) is 16.8. The normalized spacial score (nSPS) is 25.5. The minimum atomic E-state index is -0.621. The van der Waals surface area contributed by atoms with Crippen LogP contribution in [0.4, 0.5) is 0 Å². The number of para-hydroxylation sites is 1. The van der Waals surface area contributed by atoms with Crippen molar-refractivity contribution in [1.82, 2.24) is 10.3 Å². The number of aliphatic hydroxyl groups is 1. The van der Waals surface area contributed by atoms with Gasteiger partial charge < -0.3 is 19.6 Å². The molecule has 29 heavy (non-hydrogen) atoms. The second-order valence-electron chi connectivity index (χ2n) is 8.18. The zero-order valence-electron chi connectivity index (χ0n) is 16.0. The first-order valence-corrected chi connectivity index (χ1v) is 10.1. The van der Waals surface area contributed by atoms with Gasteiger partial charge in [-0.2, -0.15) is 0 Å². The number of fused-ring (bicyclic) bond motifs is 3. The lowest BCUT2D eigenvalue weighted by molar-refractivity contribution is 0.0521. The highest BCUT2D eigenvalue weighted by atomic mass is 35.5. The van der Waals surface area contributed by atoms with Crippen LogP contribution in [-0.4, -0.2) is 34.2 Å². The van der Waals surface area contributed by atoms with E-state index in [1.807, 2.05) is 18.2 Å². The second kappa shape index (κ2) is 6.47. The standard InChI is InChI=1S/C22H21ClN2O4/c1-28-20-16(10-14(23)11-24-20)15-4-2-3-13-9-17(29-18(13)15)19(26)25-21-5-7-22(27,12-21)8-6-21/h2-4,9-11,27H,5-8,12H2,1H3,(H,25,26). The number of hydrogen-bond acceptors (Lipinski definition) is 5. The number of furan rings is 1. The van der Waals surface area contributed by atoms with Crippen LogP contribution in [0.3, 0.4) is 0 Å². The summed E-state index contributed by atoms with van der Waals surface area (Å²) in [4.78, 5) is 17.2. The Morgan fingerprint density at radius 3 is 2.72 bits per heavy atom. The van der Waals surface area contributed by atoms with Crippen molar-refractivity contribution in [2.75, 3.05) is 7.11 Å². The Bertz CT molecular complexity index is 1120. The number of pyridine rings is 1. The number of carbonyl (C=O) groups excluding carboxylic acids is 1. The molecule has 0 saturated heterocycles. The number of amides is 1. The van der Waals surface area contributed by atoms with Gasteiger partial charge in [-0.3, -0.25) is 4.79 Å². The minimum Gasteiger partial charge on any atom is -0.481 e. The second-order valence-corrected chi connectivity index (χ2v) is 8.62. The smallest absolute Gasteiger partial charge is 0.287 e. The maximum Gasteiger partial charge on any atom is 0.287 e. The van der Waals surface area contributed by atoms with Gasteiger partial charge in [0.2, 0.25) is 5.88 Å². The summed E-state index contributed by atoms with van der Waals surface area (Å²) in [5, 5.41) is 14.9. The molecule has 3 aromatic rings. The summed E-state index contributed by atoms with van der Waals surface area (Å²) in [6.07, 6.45) is 5.20. The first-order chi connectivity index (χ1) is 13.9. The Labute approximate surface area is 172 Å². The van der Waals surface area contributed by atoms with Crippen LogP contribution in [0.2, 0.25) is 5.02 Å². The van der Waals surface area contributed by atoms with Crippen LogP contribution in [0.25, 0.3) is 22.1 Å². The van der Waals surface area contributed by atoms with Crippen molar-refractivity contribution < 1.29 is 19.1 Å². The molecule has 1 aromatic carbocycles. The number of nitrogens with zero attached hydrogens (tertiary/aromatic N) is 1. The summed E-state index contributed by atoms with van der Waals surface area (Å²) in [6.45, 7) is 0. The van der Waals surface area contributed by atoms with Crippen LogP contribution in [0.15, 0.2) is 40.9 Å². The van der Waals surface area contributed by atoms with Gasteiger partial charge in [-0.05, 0) is 44.2 Å². The molecule has 0 aliphatic heterocycles. The van der Waals surface area contributed by atoms with Gasteiger partial charge in [0.15, 0.2) is 5.76 Å². The van der Waals surface area contributed by atoms with E-state index in [0.717, 1.165) is 36.6 Å². The summed E-state index contributed by atoms with van der Waals surface area (Å²) in [7, 11) is 1.55. The molecule has 2 heterocycles. The fraction of sp³-hybridized carbons (Fsp3) is 0.364. The molecule has 150 valence electrons. The van der Waals surface area contributed by atoms with E-state index < -0.39 is 5.60 Å². The Kier molecular flexibility index (Phi) is 4.12. The van der Waals surface area contributed by atoms with Crippen LogP contribution in [-0.2, 0) is 0 Å². The molecule has 0 atom stereocenters. The van der Waals surface area contributed by atoms with Crippen molar-refractivity contribution >= 4 is 28.5 Å². The van der Waals surface area contributed by atoms with Crippen LogP contribution in [0, 0.1) is 0 Å². The summed E-state index contributed by atoms with van der Waals surface area (Å²) >= 11 is 6.14. The number of carbonyl (C=O) groups is 1. The first-order valence-electron chi connectivity index (χ1n) is 9.68. The largest absolute Gasteiger partial charge is 0.481 e. The highest BCUT2D eigenvalue weighted by molar-refractivity contribution is 6.30. The molecule has 0 spiro atoms. The lowest BCUT2D eigenvalue weighted by atomic mass is 9.92. The SMILES string of the molecule is COc1ncc(Cl)cc1-c1cccc2cc(C(=O)NC34CCC(O)(CC3)C4)oc12. The number of rotatable bonds is 4. The molecule has 2 aromatic heterocycles. The summed E-state index contributed by atoms with van der Waals surface area (Å²) < 4.78 is 11.4. The number of ether oxygens (including phenoxy) is 1. The third-order valence-electron chi connectivity index (χ3n) is 6.25. The van der Waals surface area contributed by atoms with Crippen molar-refractivity contribution in [3.8, 4) is 17.0 Å². The Morgan fingerprint density at radius 1 is 1.24 bits per heavy atom. The van der Waals surface area contributed by atoms with Gasteiger partial charge >= 0.3 is 0 Å². The molecule has 0 unspecified atom stereocenters. The van der Waals surface area contributed by atoms with E-state index in [1.165, 1.54) is 6.20 Å². The lowest BCUT2D eigenvalue weighted by Gasteiger charge is -2.27. The van der Waals surface area contributed by atoms with Gasteiger partial charge in [-0.15, -0.1) is 0 Å². The Morgan fingerprint density at radius 2 is 2.03 bits per heavy atom. The monoisotopic (exact) mass is 412 g/mol. The average Bonchev–Trinajstić information content (AvgIpc) is 3.37. The topological polar surface area (TPSA) is 84.6 Å². The molecule has 7 heteroatoms. The molecule has 0 radical (unpaired) electrons. The molecule has 2 fully saturated rings. The zero-order chi connectivity index (χ0) is 20.2. The number of benzene rings is 1. The molecule has 2 N–H and O–H groups in total. The van der Waals surface area contributed by atoms with E-state index in [4.69, 9.17) is 20.8 Å². The van der Waals surface area contributed by atoms with Gasteiger partial charge in [-0.25, -0.2) is 4.98 Å². The summed E-state index contributed by atoms with van der Waals surface area (Å²) in [6, 6.07) is 9.18. The van der Waals surface area contributed by atoms with E-state index in [9.17, 15) is 9.90 Å². The number of methoxy groups -OCH3 is 1. The summed E-state index contributed by atoms with van der Waals surface area (Å²) in [5.41, 5.74) is 1.08. The van der Waals surface area contributed by atoms with Crippen LogP contribution in [0.5, 0.6) is 5.88 Å². The van der Waals surface area contributed by atoms with Gasteiger partial charge in [-0.1, -0.05) is 29.8 Å². The molecule has 2 aliphatic carbocycles. The van der Waals surface area contributed by atoms with Gasteiger partial charge in [0.25, 0.3) is 5.91 Å². The lowest BCUT2D eigenvalue weighted by Crippen LogP contribution is -2.44. The van der Waals surface area contributed by atoms with Crippen molar-refractivity contribution in [3.63, 3.8) is 0 Å². The third-order valence-corrected chi connectivity index (χ3v) is 6.46.